The number of benzene rings is 2. The van der Waals surface area contributed by atoms with Crippen LogP contribution in [-0.4, -0.2) is 53.0 Å². The predicted molar refractivity (Wildman–Crippen MR) is 106 cm³/mol. The first kappa shape index (κ1) is 19.7. The van der Waals surface area contributed by atoms with Gasteiger partial charge < -0.3 is 19.6 Å². The Bertz CT molecular complexity index is 838. The summed E-state index contributed by atoms with van der Waals surface area (Å²) in [5.41, 5.74) is 1.29. The molecule has 0 unspecified atom stereocenters. The zero-order chi connectivity index (χ0) is 20.1. The SMILES string of the molecule is CC[C@@H]1CN(C(=O)c2ccc(OC)cc2O)CCC(=O)N1Cc1ccccc1. The summed E-state index contributed by atoms with van der Waals surface area (Å²) in [4.78, 5) is 29.3. The van der Waals surface area contributed by atoms with Gasteiger partial charge in [-0.1, -0.05) is 37.3 Å². The number of amides is 2. The van der Waals surface area contributed by atoms with Gasteiger partial charge in [0.15, 0.2) is 0 Å². The van der Waals surface area contributed by atoms with E-state index in [0.717, 1.165) is 12.0 Å². The molecule has 1 aliphatic heterocycles. The van der Waals surface area contributed by atoms with Gasteiger partial charge in [-0.15, -0.1) is 0 Å². The van der Waals surface area contributed by atoms with Gasteiger partial charge >= 0.3 is 0 Å². The average Bonchev–Trinajstić information content (AvgIpc) is 2.87. The highest BCUT2D eigenvalue weighted by Crippen LogP contribution is 2.26. The van der Waals surface area contributed by atoms with E-state index < -0.39 is 0 Å². The number of carbonyl (C=O) groups excluding carboxylic acids is 2. The summed E-state index contributed by atoms with van der Waals surface area (Å²) in [5.74, 6) is 0.146. The first-order valence-electron chi connectivity index (χ1n) is 9.53. The normalized spacial score (nSPS) is 17.4. The number of hydrogen-bond acceptors (Lipinski definition) is 4. The molecule has 6 heteroatoms. The fourth-order valence-electron chi connectivity index (χ4n) is 3.54. The Morgan fingerprint density at radius 3 is 2.61 bits per heavy atom. The Kier molecular flexibility index (Phi) is 6.19. The quantitative estimate of drug-likeness (QED) is 0.863. The van der Waals surface area contributed by atoms with E-state index in [0.29, 0.717) is 25.4 Å². The molecule has 1 atom stereocenters. The lowest BCUT2D eigenvalue weighted by Gasteiger charge is -2.31. The molecule has 0 aromatic heterocycles. The van der Waals surface area contributed by atoms with Gasteiger partial charge in [0.1, 0.15) is 11.5 Å². The van der Waals surface area contributed by atoms with Gasteiger partial charge in [-0.25, -0.2) is 0 Å². The summed E-state index contributed by atoms with van der Waals surface area (Å²) in [6.07, 6.45) is 1.02. The maximum absolute atomic E-state index is 13.0. The molecule has 1 aliphatic rings. The van der Waals surface area contributed by atoms with E-state index in [9.17, 15) is 14.7 Å². The molecule has 0 radical (unpaired) electrons. The van der Waals surface area contributed by atoms with Crippen LogP contribution in [0, 0.1) is 0 Å². The summed E-state index contributed by atoms with van der Waals surface area (Å²) in [6.45, 7) is 3.34. The van der Waals surface area contributed by atoms with E-state index in [1.54, 1.807) is 17.0 Å². The van der Waals surface area contributed by atoms with Crippen molar-refractivity contribution in [3.05, 3.63) is 59.7 Å². The van der Waals surface area contributed by atoms with Crippen molar-refractivity contribution in [3.63, 3.8) is 0 Å². The van der Waals surface area contributed by atoms with Crippen LogP contribution in [0.1, 0.15) is 35.7 Å². The van der Waals surface area contributed by atoms with Crippen molar-refractivity contribution in [1.82, 2.24) is 9.80 Å². The third-order valence-corrected chi connectivity index (χ3v) is 5.18. The topological polar surface area (TPSA) is 70.1 Å². The van der Waals surface area contributed by atoms with E-state index in [1.807, 2.05) is 42.2 Å². The molecular formula is C22H26N2O4. The Labute approximate surface area is 165 Å². The molecule has 0 aliphatic carbocycles. The molecule has 3 rings (SSSR count). The first-order valence-corrected chi connectivity index (χ1v) is 9.53. The molecule has 0 spiro atoms. The van der Waals surface area contributed by atoms with E-state index >= 15 is 0 Å². The second kappa shape index (κ2) is 8.78. The lowest BCUT2D eigenvalue weighted by atomic mass is 10.1. The van der Waals surface area contributed by atoms with Crippen molar-refractivity contribution in [2.45, 2.75) is 32.4 Å². The second-order valence-electron chi connectivity index (χ2n) is 6.95. The Morgan fingerprint density at radius 1 is 1.21 bits per heavy atom. The van der Waals surface area contributed by atoms with E-state index in [2.05, 4.69) is 0 Å². The van der Waals surface area contributed by atoms with E-state index in [1.165, 1.54) is 13.2 Å². The van der Waals surface area contributed by atoms with Gasteiger partial charge in [0.05, 0.1) is 12.7 Å². The van der Waals surface area contributed by atoms with Crippen LogP contribution in [0.25, 0.3) is 0 Å². The van der Waals surface area contributed by atoms with Crippen LogP contribution in [0.3, 0.4) is 0 Å². The fraction of sp³-hybridized carbons (Fsp3) is 0.364. The summed E-state index contributed by atoms with van der Waals surface area (Å²) in [7, 11) is 1.50. The Hall–Kier alpha value is -3.02. The number of hydrogen-bond donors (Lipinski definition) is 1. The fourth-order valence-corrected chi connectivity index (χ4v) is 3.54. The number of phenolic OH excluding ortho intramolecular Hbond substituents is 1. The largest absolute Gasteiger partial charge is 0.507 e. The maximum atomic E-state index is 13.0. The highest BCUT2D eigenvalue weighted by molar-refractivity contribution is 5.97. The number of carbonyl (C=O) groups is 2. The zero-order valence-electron chi connectivity index (χ0n) is 16.3. The third-order valence-electron chi connectivity index (χ3n) is 5.18. The zero-order valence-corrected chi connectivity index (χ0v) is 16.3. The van der Waals surface area contributed by atoms with Crippen LogP contribution in [0.5, 0.6) is 11.5 Å². The minimum atomic E-state index is -0.270. The lowest BCUT2D eigenvalue weighted by Crippen LogP contribution is -2.43. The highest BCUT2D eigenvalue weighted by atomic mass is 16.5. The van der Waals surface area contributed by atoms with E-state index in [-0.39, 0.29) is 35.6 Å². The predicted octanol–water partition coefficient (Wildman–Crippen LogP) is 3.05. The smallest absolute Gasteiger partial charge is 0.257 e. The average molecular weight is 382 g/mol. The van der Waals surface area contributed by atoms with Crippen LogP contribution >= 0.6 is 0 Å². The standard InChI is InChI=1S/C22H26N2O4/c1-3-17-15-23(22(27)19-10-9-18(28-2)13-20(19)25)12-11-21(26)24(17)14-16-7-5-4-6-8-16/h4-10,13,17,25H,3,11-12,14-15H2,1-2H3/t17-/m1/s1. The number of nitrogens with zero attached hydrogens (tertiary/aromatic N) is 2. The Morgan fingerprint density at radius 2 is 1.96 bits per heavy atom. The number of phenols is 1. The van der Waals surface area contributed by atoms with Crippen molar-refractivity contribution in [2.75, 3.05) is 20.2 Å². The molecule has 2 amide bonds. The van der Waals surface area contributed by atoms with Gasteiger partial charge in [0.25, 0.3) is 5.91 Å². The number of aromatic hydroxyl groups is 1. The molecule has 0 bridgehead atoms. The minimum Gasteiger partial charge on any atom is -0.507 e. The highest BCUT2D eigenvalue weighted by Gasteiger charge is 2.31. The van der Waals surface area contributed by atoms with Crippen molar-refractivity contribution < 1.29 is 19.4 Å². The third kappa shape index (κ3) is 4.27. The van der Waals surface area contributed by atoms with Crippen LogP contribution in [-0.2, 0) is 11.3 Å². The monoisotopic (exact) mass is 382 g/mol. The van der Waals surface area contributed by atoms with Crippen molar-refractivity contribution in [2.24, 2.45) is 0 Å². The van der Waals surface area contributed by atoms with E-state index in [4.69, 9.17) is 4.74 Å². The van der Waals surface area contributed by atoms with Crippen molar-refractivity contribution in [3.8, 4) is 11.5 Å². The number of ether oxygens (including phenoxy) is 1. The minimum absolute atomic E-state index is 0.0463. The molecule has 2 aromatic carbocycles. The summed E-state index contributed by atoms with van der Waals surface area (Å²) < 4.78 is 5.08. The molecule has 1 N–H and O–H groups in total. The van der Waals surface area contributed by atoms with Crippen molar-refractivity contribution >= 4 is 11.8 Å². The first-order chi connectivity index (χ1) is 13.5. The summed E-state index contributed by atoms with van der Waals surface area (Å²) >= 11 is 0. The molecule has 28 heavy (non-hydrogen) atoms. The van der Waals surface area contributed by atoms with Gasteiger partial charge in [-0.3, -0.25) is 9.59 Å². The van der Waals surface area contributed by atoms with Crippen LogP contribution in [0.4, 0.5) is 0 Å². The Balaban J connectivity index is 1.80. The molecule has 2 aromatic rings. The molecule has 1 fully saturated rings. The second-order valence-corrected chi connectivity index (χ2v) is 6.95. The van der Waals surface area contributed by atoms with Gasteiger partial charge in [-0.05, 0) is 24.1 Å². The van der Waals surface area contributed by atoms with Crippen molar-refractivity contribution in [1.29, 1.82) is 0 Å². The number of rotatable bonds is 5. The molecule has 148 valence electrons. The van der Waals surface area contributed by atoms with Crippen LogP contribution in [0.15, 0.2) is 48.5 Å². The lowest BCUT2D eigenvalue weighted by molar-refractivity contribution is -0.133. The van der Waals surface area contributed by atoms with Crippen LogP contribution < -0.4 is 4.74 Å². The van der Waals surface area contributed by atoms with Crippen LogP contribution in [0.2, 0.25) is 0 Å². The summed E-state index contributed by atoms with van der Waals surface area (Å²) in [5, 5.41) is 10.2. The molecule has 1 heterocycles. The van der Waals surface area contributed by atoms with Gasteiger partial charge in [0.2, 0.25) is 5.91 Å². The molecule has 6 nitrogen and oxygen atoms in total. The molecular weight excluding hydrogens is 356 g/mol. The van der Waals surface area contributed by atoms with Gasteiger partial charge in [-0.2, -0.15) is 0 Å². The summed E-state index contributed by atoms with van der Waals surface area (Å²) in [6, 6.07) is 14.4. The number of methoxy groups -OCH3 is 1. The molecule has 1 saturated heterocycles. The van der Waals surface area contributed by atoms with Gasteiger partial charge in [0, 0.05) is 38.2 Å². The molecule has 0 saturated carbocycles. The maximum Gasteiger partial charge on any atom is 0.257 e.